The zero-order valence-electron chi connectivity index (χ0n) is 16.4. The normalized spacial score (nSPS) is 18.5. The van der Waals surface area contributed by atoms with Gasteiger partial charge in [0.2, 0.25) is 0 Å². The first-order valence-electron chi connectivity index (χ1n) is 9.07. The van der Waals surface area contributed by atoms with Gasteiger partial charge in [0.25, 0.3) is 0 Å². The van der Waals surface area contributed by atoms with Gasteiger partial charge in [-0.05, 0) is 51.8 Å². The van der Waals surface area contributed by atoms with Gasteiger partial charge in [0.05, 0.1) is 6.04 Å². The Hall–Kier alpha value is -2.45. The van der Waals surface area contributed by atoms with Crippen molar-refractivity contribution >= 4 is 17.7 Å². The first kappa shape index (κ1) is 21.8. The lowest BCUT2D eigenvalue weighted by Gasteiger charge is -2.23. The molecule has 6 nitrogen and oxygen atoms in total. The molecule has 2 atom stereocenters. The molecule has 0 aliphatic carbocycles. The second-order valence-corrected chi connectivity index (χ2v) is 7.87. The monoisotopic (exact) mass is 401 g/mol. The molecule has 0 unspecified atom stereocenters. The Morgan fingerprint density at radius 3 is 2.54 bits per heavy atom. The number of alkyl halides is 3. The molecule has 9 heteroatoms. The predicted molar refractivity (Wildman–Crippen MR) is 99.0 cm³/mol. The Labute approximate surface area is 162 Å². The van der Waals surface area contributed by atoms with Crippen LogP contribution in [0.25, 0.3) is 0 Å². The highest BCUT2D eigenvalue weighted by Gasteiger charge is 2.40. The highest BCUT2D eigenvalue weighted by Crippen LogP contribution is 2.25. The van der Waals surface area contributed by atoms with E-state index in [4.69, 9.17) is 4.74 Å². The van der Waals surface area contributed by atoms with E-state index in [1.54, 1.807) is 20.8 Å². The van der Waals surface area contributed by atoms with Gasteiger partial charge >= 0.3 is 18.2 Å². The van der Waals surface area contributed by atoms with E-state index in [1.165, 1.54) is 0 Å². The zero-order valence-corrected chi connectivity index (χ0v) is 16.4. The van der Waals surface area contributed by atoms with Crippen molar-refractivity contribution in [1.29, 1.82) is 0 Å². The average Bonchev–Trinajstić information content (AvgIpc) is 3.00. The Morgan fingerprint density at radius 1 is 1.25 bits per heavy atom. The Bertz CT molecular complexity index is 716. The van der Waals surface area contributed by atoms with Crippen LogP contribution in [0, 0.1) is 0 Å². The number of hydrogen-bond acceptors (Lipinski definition) is 4. The Morgan fingerprint density at radius 2 is 1.93 bits per heavy atom. The van der Waals surface area contributed by atoms with Crippen molar-refractivity contribution in [3.63, 3.8) is 0 Å². The third kappa shape index (κ3) is 6.31. The summed E-state index contributed by atoms with van der Waals surface area (Å²) >= 11 is 0. The van der Waals surface area contributed by atoms with E-state index in [0.717, 1.165) is 11.3 Å². The molecule has 2 rings (SSSR count). The summed E-state index contributed by atoms with van der Waals surface area (Å²) < 4.78 is 42.4. The molecule has 2 amide bonds. The van der Waals surface area contributed by atoms with Crippen molar-refractivity contribution in [2.45, 2.75) is 58.0 Å². The van der Waals surface area contributed by atoms with Gasteiger partial charge in [0.1, 0.15) is 5.60 Å². The van der Waals surface area contributed by atoms with E-state index >= 15 is 0 Å². The lowest BCUT2D eigenvalue weighted by Crippen LogP contribution is -2.44. The lowest BCUT2D eigenvalue weighted by atomic mass is 10.1. The first-order chi connectivity index (χ1) is 12.8. The highest BCUT2D eigenvalue weighted by molar-refractivity contribution is 5.82. The third-order valence-electron chi connectivity index (χ3n) is 4.25. The molecule has 1 heterocycles. The maximum atomic E-state index is 12.4. The van der Waals surface area contributed by atoms with Gasteiger partial charge in [0, 0.05) is 24.8 Å². The maximum absolute atomic E-state index is 12.4. The number of amides is 2. The van der Waals surface area contributed by atoms with Gasteiger partial charge in [-0.15, -0.1) is 0 Å². The fraction of sp³-hybridized carbons (Fsp3) is 0.579. The third-order valence-corrected chi connectivity index (χ3v) is 4.25. The molecule has 1 aliphatic rings. The van der Waals surface area contributed by atoms with Crippen LogP contribution >= 0.6 is 0 Å². The number of hydrogen-bond donors (Lipinski definition) is 2. The van der Waals surface area contributed by atoms with Gasteiger partial charge < -0.3 is 20.3 Å². The van der Waals surface area contributed by atoms with Crippen molar-refractivity contribution in [3.8, 4) is 0 Å². The van der Waals surface area contributed by atoms with Gasteiger partial charge in [-0.3, -0.25) is 4.79 Å². The molecule has 2 N–H and O–H groups in total. The van der Waals surface area contributed by atoms with Crippen molar-refractivity contribution in [3.05, 3.63) is 29.8 Å². The fourth-order valence-electron chi connectivity index (χ4n) is 2.94. The SMILES string of the molecule is C[C@H](NC(=O)OC(C)(C)C)c1cccc(N2CC[C@@H](NC(=O)C(F)(F)F)C2)c1. The molecule has 0 saturated carbocycles. The van der Waals surface area contributed by atoms with E-state index < -0.39 is 29.8 Å². The van der Waals surface area contributed by atoms with Crippen LogP contribution in [-0.2, 0) is 9.53 Å². The van der Waals surface area contributed by atoms with E-state index in [-0.39, 0.29) is 6.04 Å². The Kier molecular flexibility index (Phi) is 6.46. The van der Waals surface area contributed by atoms with Crippen LogP contribution in [0.4, 0.5) is 23.7 Å². The molecular weight excluding hydrogens is 375 g/mol. The zero-order chi connectivity index (χ0) is 21.1. The molecule has 1 aliphatic heterocycles. The van der Waals surface area contributed by atoms with Crippen LogP contribution in [0.1, 0.15) is 45.7 Å². The molecular formula is C19H26F3N3O3. The van der Waals surface area contributed by atoms with Crippen LogP contribution < -0.4 is 15.5 Å². The van der Waals surface area contributed by atoms with E-state index in [1.807, 2.05) is 41.4 Å². The van der Waals surface area contributed by atoms with Crippen molar-refractivity contribution in [1.82, 2.24) is 10.6 Å². The molecule has 0 spiro atoms. The first-order valence-corrected chi connectivity index (χ1v) is 9.07. The van der Waals surface area contributed by atoms with Crippen molar-refractivity contribution in [2.24, 2.45) is 0 Å². The molecule has 28 heavy (non-hydrogen) atoms. The number of carbonyl (C=O) groups is 2. The van der Waals surface area contributed by atoms with E-state index in [0.29, 0.717) is 19.5 Å². The molecule has 1 saturated heterocycles. The maximum Gasteiger partial charge on any atom is 0.471 e. The van der Waals surface area contributed by atoms with Gasteiger partial charge in [-0.1, -0.05) is 12.1 Å². The van der Waals surface area contributed by atoms with Gasteiger partial charge in [-0.25, -0.2) is 4.79 Å². The number of rotatable bonds is 4. The minimum atomic E-state index is -4.88. The minimum Gasteiger partial charge on any atom is -0.444 e. The number of anilines is 1. The number of halogens is 3. The summed E-state index contributed by atoms with van der Waals surface area (Å²) in [5, 5.41) is 4.78. The standard InChI is InChI=1S/C19H26F3N3O3/c1-12(23-17(27)28-18(2,3)4)13-6-5-7-15(10-13)25-9-8-14(11-25)24-16(26)19(20,21)22/h5-7,10,12,14H,8-9,11H2,1-4H3,(H,23,27)(H,24,26)/t12-,14+/m0/s1. The number of nitrogens with zero attached hydrogens (tertiary/aromatic N) is 1. The van der Waals surface area contributed by atoms with E-state index in [2.05, 4.69) is 5.32 Å². The van der Waals surface area contributed by atoms with Gasteiger partial charge in [0.15, 0.2) is 0 Å². The molecule has 1 aromatic carbocycles. The second kappa shape index (κ2) is 8.28. The predicted octanol–water partition coefficient (Wildman–Crippen LogP) is 3.53. The summed E-state index contributed by atoms with van der Waals surface area (Å²) in [6.45, 7) is 7.97. The molecule has 0 bridgehead atoms. The number of carbonyl (C=O) groups excluding carboxylic acids is 2. The number of alkyl carbamates (subject to hydrolysis) is 1. The van der Waals surface area contributed by atoms with Crippen LogP contribution in [0.15, 0.2) is 24.3 Å². The molecule has 1 fully saturated rings. The van der Waals surface area contributed by atoms with Crippen LogP contribution in [0.3, 0.4) is 0 Å². The summed E-state index contributed by atoms with van der Waals surface area (Å²) in [5.74, 6) is -1.91. The fourth-order valence-corrected chi connectivity index (χ4v) is 2.94. The lowest BCUT2D eigenvalue weighted by molar-refractivity contribution is -0.174. The van der Waals surface area contributed by atoms with Crippen LogP contribution in [0.5, 0.6) is 0 Å². The number of nitrogens with one attached hydrogen (secondary N) is 2. The summed E-state index contributed by atoms with van der Waals surface area (Å²) in [7, 11) is 0. The van der Waals surface area contributed by atoms with Crippen molar-refractivity contribution in [2.75, 3.05) is 18.0 Å². The van der Waals surface area contributed by atoms with Crippen molar-refractivity contribution < 1.29 is 27.5 Å². The molecule has 1 aromatic rings. The van der Waals surface area contributed by atoms with Gasteiger partial charge in [-0.2, -0.15) is 13.2 Å². The summed E-state index contributed by atoms with van der Waals surface area (Å²) in [6.07, 6.45) is -4.98. The number of ether oxygens (including phenoxy) is 1. The highest BCUT2D eigenvalue weighted by atomic mass is 19.4. The van der Waals surface area contributed by atoms with E-state index in [9.17, 15) is 22.8 Å². The summed E-state index contributed by atoms with van der Waals surface area (Å²) in [6, 6.07) is 6.52. The quantitative estimate of drug-likeness (QED) is 0.810. The minimum absolute atomic E-state index is 0.291. The Balaban J connectivity index is 1.98. The molecule has 156 valence electrons. The van der Waals surface area contributed by atoms with Crippen LogP contribution in [0.2, 0.25) is 0 Å². The summed E-state index contributed by atoms with van der Waals surface area (Å²) in [5.41, 5.74) is 1.06. The second-order valence-electron chi connectivity index (χ2n) is 7.87. The average molecular weight is 401 g/mol. The largest absolute Gasteiger partial charge is 0.471 e. The summed E-state index contributed by atoms with van der Waals surface area (Å²) in [4.78, 5) is 24.9. The molecule has 0 radical (unpaired) electrons. The topological polar surface area (TPSA) is 70.7 Å². The number of benzene rings is 1. The molecule has 0 aromatic heterocycles. The smallest absolute Gasteiger partial charge is 0.444 e. The van der Waals surface area contributed by atoms with Crippen LogP contribution in [-0.4, -0.2) is 42.9 Å².